The van der Waals surface area contributed by atoms with Gasteiger partial charge in [-0.05, 0) is 50.2 Å². The molecule has 1 fully saturated rings. The molecule has 1 saturated heterocycles. The van der Waals surface area contributed by atoms with Crippen molar-refractivity contribution in [2.75, 3.05) is 4.90 Å². The molecule has 5 rings (SSSR count). The molecule has 3 heterocycles. The second-order valence-electron chi connectivity index (χ2n) is 7.57. The number of fused-ring (bicyclic) bond motifs is 1. The molecule has 8 nitrogen and oxygen atoms in total. The number of aromatic nitrogens is 1. The van der Waals surface area contributed by atoms with Gasteiger partial charge in [-0.25, -0.2) is 9.88 Å². The van der Waals surface area contributed by atoms with Crippen molar-refractivity contribution in [3.05, 3.63) is 70.6 Å². The van der Waals surface area contributed by atoms with E-state index in [1.54, 1.807) is 24.3 Å². The Morgan fingerprint density at radius 1 is 1.00 bits per heavy atom. The van der Waals surface area contributed by atoms with Crippen LogP contribution >= 0.6 is 11.6 Å². The van der Waals surface area contributed by atoms with Crippen LogP contribution in [-0.2, 0) is 16.1 Å². The molecule has 0 radical (unpaired) electrons. The first-order valence-electron chi connectivity index (χ1n) is 9.76. The largest absolute Gasteiger partial charge is 0.441 e. The van der Waals surface area contributed by atoms with E-state index in [9.17, 15) is 9.59 Å². The molecule has 0 unspecified atom stereocenters. The van der Waals surface area contributed by atoms with Gasteiger partial charge in [0.05, 0.1) is 12.2 Å². The monoisotopic (exact) mass is 435 g/mol. The van der Waals surface area contributed by atoms with Gasteiger partial charge < -0.3 is 4.42 Å². The molecular weight excluding hydrogens is 418 g/mol. The molecule has 156 valence electrons. The van der Waals surface area contributed by atoms with E-state index in [1.807, 2.05) is 38.1 Å². The minimum absolute atomic E-state index is 0.208. The molecule has 2 aliphatic rings. The van der Waals surface area contributed by atoms with Crippen LogP contribution in [0.1, 0.15) is 17.0 Å². The van der Waals surface area contributed by atoms with E-state index >= 15 is 0 Å². The van der Waals surface area contributed by atoms with Crippen molar-refractivity contribution in [3.63, 3.8) is 0 Å². The maximum Gasteiger partial charge on any atom is 0.263 e. The van der Waals surface area contributed by atoms with Crippen LogP contribution in [0.15, 0.2) is 63.3 Å². The lowest BCUT2D eigenvalue weighted by Crippen LogP contribution is -2.39. The van der Waals surface area contributed by atoms with Crippen molar-refractivity contribution in [3.8, 4) is 11.5 Å². The number of aryl methyl sites for hydroxylation is 2. The Balaban J connectivity index is 1.39. The Morgan fingerprint density at radius 2 is 1.71 bits per heavy atom. The second-order valence-corrected chi connectivity index (χ2v) is 8.00. The van der Waals surface area contributed by atoms with Crippen molar-refractivity contribution in [2.45, 2.75) is 32.5 Å². The van der Waals surface area contributed by atoms with Gasteiger partial charge in [0.2, 0.25) is 5.89 Å². The molecule has 0 aliphatic carbocycles. The number of hydrogen-bond donors (Lipinski definition) is 0. The Kier molecular flexibility index (Phi) is 4.59. The van der Waals surface area contributed by atoms with Crippen LogP contribution in [0.25, 0.3) is 11.5 Å². The van der Waals surface area contributed by atoms with Crippen molar-refractivity contribution < 1.29 is 14.0 Å². The molecule has 3 aromatic rings. The van der Waals surface area contributed by atoms with Crippen LogP contribution in [0.2, 0.25) is 5.02 Å². The number of oxazole rings is 1. The molecular formula is C22H18ClN5O3. The fourth-order valence-electron chi connectivity index (χ4n) is 3.75. The predicted molar refractivity (Wildman–Crippen MR) is 113 cm³/mol. The predicted octanol–water partition coefficient (Wildman–Crippen LogP) is 4.11. The van der Waals surface area contributed by atoms with Gasteiger partial charge in [-0.3, -0.25) is 14.6 Å². The summed E-state index contributed by atoms with van der Waals surface area (Å²) in [6, 6.07) is 12.7. The summed E-state index contributed by atoms with van der Waals surface area (Å²) in [7, 11) is 0. The van der Waals surface area contributed by atoms with Crippen LogP contribution in [-0.4, -0.2) is 33.9 Å². The first-order chi connectivity index (χ1) is 14.9. The Morgan fingerprint density at radius 3 is 2.42 bits per heavy atom. The highest BCUT2D eigenvalue weighted by molar-refractivity contribution is 6.31. The minimum Gasteiger partial charge on any atom is -0.441 e. The Labute approximate surface area is 183 Å². The average molecular weight is 436 g/mol. The first-order valence-corrected chi connectivity index (χ1v) is 10.1. The second kappa shape index (κ2) is 7.31. The molecule has 2 atom stereocenters. The Hall–Kier alpha value is -3.52. The number of hydrogen-bond acceptors (Lipinski definition) is 7. The van der Waals surface area contributed by atoms with Crippen LogP contribution in [0.4, 0.5) is 5.69 Å². The van der Waals surface area contributed by atoms with E-state index in [2.05, 4.69) is 15.3 Å². The van der Waals surface area contributed by atoms with Crippen molar-refractivity contribution in [2.24, 2.45) is 10.3 Å². The van der Waals surface area contributed by atoms with Gasteiger partial charge in [0.25, 0.3) is 11.8 Å². The molecule has 2 amide bonds. The number of benzene rings is 2. The maximum atomic E-state index is 13.1. The smallest absolute Gasteiger partial charge is 0.263 e. The van der Waals surface area contributed by atoms with Crippen LogP contribution in [0.3, 0.4) is 0 Å². The van der Waals surface area contributed by atoms with Gasteiger partial charge in [-0.2, -0.15) is 5.11 Å². The molecule has 0 N–H and O–H groups in total. The normalized spacial score (nSPS) is 20.1. The summed E-state index contributed by atoms with van der Waals surface area (Å²) in [5.41, 5.74) is 3.11. The molecule has 9 heteroatoms. The number of rotatable bonds is 4. The lowest BCUT2D eigenvalue weighted by Gasteiger charge is -2.19. The van der Waals surface area contributed by atoms with Gasteiger partial charge in [0, 0.05) is 10.6 Å². The number of carbonyl (C=O) groups is 2. The minimum atomic E-state index is -0.869. The molecule has 1 aromatic heterocycles. The van der Waals surface area contributed by atoms with E-state index in [4.69, 9.17) is 16.0 Å². The van der Waals surface area contributed by atoms with Gasteiger partial charge in [0.15, 0.2) is 12.1 Å². The van der Waals surface area contributed by atoms with E-state index in [1.165, 1.54) is 5.01 Å². The number of imide groups is 1. The van der Waals surface area contributed by atoms with Gasteiger partial charge >= 0.3 is 0 Å². The highest BCUT2D eigenvalue weighted by atomic mass is 35.5. The maximum absolute atomic E-state index is 13.1. The number of amides is 2. The number of halogens is 1. The first kappa shape index (κ1) is 19.4. The van der Waals surface area contributed by atoms with E-state index in [0.29, 0.717) is 28.1 Å². The fraction of sp³-hybridized carbons (Fsp3) is 0.227. The number of anilines is 1. The molecule has 0 spiro atoms. The van der Waals surface area contributed by atoms with E-state index in [-0.39, 0.29) is 12.5 Å². The highest BCUT2D eigenvalue weighted by Crippen LogP contribution is 2.34. The van der Waals surface area contributed by atoms with Gasteiger partial charge in [-0.15, -0.1) is 0 Å². The zero-order valence-corrected chi connectivity index (χ0v) is 17.6. The third-order valence-corrected chi connectivity index (χ3v) is 5.70. The molecule has 0 saturated carbocycles. The zero-order chi connectivity index (χ0) is 21.7. The topological polar surface area (TPSA) is 91.4 Å². The third-order valence-electron chi connectivity index (χ3n) is 5.45. The lowest BCUT2D eigenvalue weighted by molar-refractivity contribution is -0.123. The summed E-state index contributed by atoms with van der Waals surface area (Å²) in [5.74, 6) is 0.348. The third kappa shape index (κ3) is 3.29. The summed E-state index contributed by atoms with van der Waals surface area (Å²) in [6.45, 7) is 4.03. The van der Waals surface area contributed by atoms with Crippen LogP contribution in [0, 0.1) is 13.8 Å². The molecule has 31 heavy (non-hydrogen) atoms. The summed E-state index contributed by atoms with van der Waals surface area (Å²) < 4.78 is 5.83. The molecule has 2 aromatic carbocycles. The van der Waals surface area contributed by atoms with Crippen molar-refractivity contribution in [1.82, 2.24) is 9.99 Å². The number of nitrogens with zero attached hydrogens (tertiary/aromatic N) is 5. The fourth-order valence-corrected chi connectivity index (χ4v) is 3.87. The summed E-state index contributed by atoms with van der Waals surface area (Å²) in [5, 5.41) is 10.2. The molecule has 2 aliphatic heterocycles. The van der Waals surface area contributed by atoms with Gasteiger partial charge in [0.1, 0.15) is 11.5 Å². The highest BCUT2D eigenvalue weighted by Gasteiger charge is 2.54. The average Bonchev–Trinajstić information content (AvgIpc) is 3.40. The van der Waals surface area contributed by atoms with Crippen molar-refractivity contribution >= 4 is 29.1 Å². The van der Waals surface area contributed by atoms with E-state index < -0.39 is 18.0 Å². The standard InChI is InChI=1S/C22H18ClN5O3/c1-12-3-5-14(6-4-12)20-24-17(13(2)31-20)11-27-19-18(25-26-27)21(29)28(22(19)30)16-9-7-15(23)8-10-16/h3-10,18-19H,11H2,1-2H3/t18-,19-/m1/s1. The van der Waals surface area contributed by atoms with Gasteiger partial charge in [-0.1, -0.05) is 34.5 Å². The van der Waals surface area contributed by atoms with Crippen molar-refractivity contribution in [1.29, 1.82) is 0 Å². The molecule has 0 bridgehead atoms. The Bertz CT molecular complexity index is 1200. The summed E-state index contributed by atoms with van der Waals surface area (Å²) in [6.07, 6.45) is 0. The SMILES string of the molecule is Cc1ccc(-c2nc(CN3N=N[C@H]4C(=O)N(c5ccc(Cl)cc5)C(=O)[C@@H]43)c(C)o2)cc1. The number of carbonyl (C=O) groups excluding carboxylic acids is 2. The van der Waals surface area contributed by atoms with E-state index in [0.717, 1.165) is 16.0 Å². The zero-order valence-electron chi connectivity index (χ0n) is 16.8. The van der Waals surface area contributed by atoms with Crippen LogP contribution < -0.4 is 4.90 Å². The van der Waals surface area contributed by atoms with Crippen LogP contribution in [0.5, 0.6) is 0 Å². The summed E-state index contributed by atoms with van der Waals surface area (Å²) >= 11 is 5.92. The lowest BCUT2D eigenvalue weighted by atomic mass is 10.1. The summed E-state index contributed by atoms with van der Waals surface area (Å²) in [4.78, 5) is 31.6. The quantitative estimate of drug-likeness (QED) is 0.575.